The number of esters is 1. The quantitative estimate of drug-likeness (QED) is 0.230. The summed E-state index contributed by atoms with van der Waals surface area (Å²) in [7, 11) is -0.705. The lowest BCUT2D eigenvalue weighted by atomic mass is 10.0. The van der Waals surface area contributed by atoms with Crippen LogP contribution in [0.3, 0.4) is 0 Å². The summed E-state index contributed by atoms with van der Waals surface area (Å²) in [6.07, 6.45) is -0.515. The zero-order chi connectivity index (χ0) is 25.6. The Hall–Kier alpha value is -1.75. The first-order chi connectivity index (χ1) is 15.9. The normalized spacial score (nSPS) is 19.5. The molecule has 34 heavy (non-hydrogen) atoms. The summed E-state index contributed by atoms with van der Waals surface area (Å²) >= 11 is 1.20. The topological polar surface area (TPSA) is 101 Å². The van der Waals surface area contributed by atoms with Crippen molar-refractivity contribution in [3.63, 3.8) is 0 Å². The highest BCUT2D eigenvalue weighted by molar-refractivity contribution is 7.99. The molecule has 1 aromatic rings. The van der Waals surface area contributed by atoms with Crippen molar-refractivity contribution in [2.45, 2.75) is 82.1 Å². The van der Waals surface area contributed by atoms with Crippen LogP contribution >= 0.6 is 11.8 Å². The SMILES string of the molecule is CCOc1ccc(CSC(OC(=O)O)C2(C(=O)OC)CCCO2)cc1CO[Si](C)(C)C(C)(C)C. The molecule has 1 aromatic carbocycles. The number of benzene rings is 1. The highest BCUT2D eigenvalue weighted by Gasteiger charge is 2.53. The molecule has 1 aliphatic heterocycles. The molecule has 1 heterocycles. The molecule has 10 heteroatoms. The van der Waals surface area contributed by atoms with Crippen molar-refractivity contribution >= 4 is 32.2 Å². The van der Waals surface area contributed by atoms with Gasteiger partial charge in [-0.05, 0) is 55.6 Å². The van der Waals surface area contributed by atoms with Crippen LogP contribution in [-0.4, -0.2) is 56.9 Å². The number of hydrogen-bond acceptors (Lipinski definition) is 8. The maximum absolute atomic E-state index is 12.5. The van der Waals surface area contributed by atoms with E-state index in [1.54, 1.807) is 0 Å². The van der Waals surface area contributed by atoms with Gasteiger partial charge < -0.3 is 28.5 Å². The van der Waals surface area contributed by atoms with E-state index in [0.29, 0.717) is 38.4 Å². The summed E-state index contributed by atoms with van der Waals surface area (Å²) in [5.41, 5.74) is -0.643. The van der Waals surface area contributed by atoms with Gasteiger partial charge in [0.1, 0.15) is 5.75 Å². The van der Waals surface area contributed by atoms with Gasteiger partial charge in [0.15, 0.2) is 13.8 Å². The minimum absolute atomic E-state index is 0.0805. The van der Waals surface area contributed by atoms with Crippen molar-refractivity contribution in [3.05, 3.63) is 29.3 Å². The Labute approximate surface area is 207 Å². The highest BCUT2D eigenvalue weighted by Crippen LogP contribution is 2.40. The van der Waals surface area contributed by atoms with Crippen molar-refractivity contribution in [1.82, 2.24) is 0 Å². The molecular weight excluding hydrogens is 476 g/mol. The van der Waals surface area contributed by atoms with Crippen molar-refractivity contribution in [1.29, 1.82) is 0 Å². The third kappa shape index (κ3) is 6.90. The molecule has 0 bridgehead atoms. The van der Waals surface area contributed by atoms with E-state index in [9.17, 15) is 14.7 Å². The van der Waals surface area contributed by atoms with Gasteiger partial charge in [0, 0.05) is 17.9 Å². The fraction of sp³-hybridized carbons (Fsp3) is 0.667. The van der Waals surface area contributed by atoms with Crippen molar-refractivity contribution < 1.29 is 38.1 Å². The number of carboxylic acid groups (broad SMARTS) is 1. The second-order valence-electron chi connectivity index (χ2n) is 9.78. The molecule has 0 saturated carbocycles. The van der Waals surface area contributed by atoms with Gasteiger partial charge in [-0.25, -0.2) is 9.59 Å². The number of hydrogen-bond donors (Lipinski definition) is 1. The molecule has 1 N–H and O–H groups in total. The predicted octanol–water partition coefficient (Wildman–Crippen LogP) is 5.58. The maximum Gasteiger partial charge on any atom is 0.507 e. The lowest BCUT2D eigenvalue weighted by molar-refractivity contribution is -0.171. The van der Waals surface area contributed by atoms with Crippen molar-refractivity contribution in [2.24, 2.45) is 0 Å². The molecule has 0 spiro atoms. The Morgan fingerprint density at radius 2 is 2.00 bits per heavy atom. The number of carbonyl (C=O) groups excluding carboxylic acids is 1. The third-order valence-electron chi connectivity index (χ3n) is 6.39. The summed E-state index contributed by atoms with van der Waals surface area (Å²) in [6, 6.07) is 5.83. The van der Waals surface area contributed by atoms with E-state index in [1.807, 2.05) is 25.1 Å². The van der Waals surface area contributed by atoms with Crippen LogP contribution in [-0.2, 0) is 35.8 Å². The van der Waals surface area contributed by atoms with Crippen molar-refractivity contribution in [2.75, 3.05) is 20.3 Å². The lowest BCUT2D eigenvalue weighted by Crippen LogP contribution is -2.50. The first-order valence-electron chi connectivity index (χ1n) is 11.5. The van der Waals surface area contributed by atoms with Crippen LogP contribution in [0.4, 0.5) is 4.79 Å². The Kier molecular flexibility index (Phi) is 9.87. The third-order valence-corrected chi connectivity index (χ3v) is 12.2. The van der Waals surface area contributed by atoms with Crippen LogP contribution in [0, 0.1) is 0 Å². The highest BCUT2D eigenvalue weighted by atomic mass is 32.2. The lowest BCUT2D eigenvalue weighted by Gasteiger charge is -2.36. The minimum Gasteiger partial charge on any atom is -0.494 e. The van der Waals surface area contributed by atoms with Crippen LogP contribution in [0.25, 0.3) is 0 Å². The molecule has 2 atom stereocenters. The zero-order valence-electron chi connectivity index (χ0n) is 21.3. The molecule has 1 saturated heterocycles. The number of methoxy groups -OCH3 is 1. The number of ether oxygens (including phenoxy) is 4. The summed E-state index contributed by atoms with van der Waals surface area (Å²) in [6.45, 7) is 14.2. The van der Waals surface area contributed by atoms with Gasteiger partial charge in [-0.15, -0.1) is 11.8 Å². The van der Waals surface area contributed by atoms with E-state index in [-0.39, 0.29) is 5.04 Å². The average Bonchev–Trinajstić information content (AvgIpc) is 3.26. The monoisotopic (exact) mass is 514 g/mol. The summed E-state index contributed by atoms with van der Waals surface area (Å²) in [4.78, 5) is 23.9. The van der Waals surface area contributed by atoms with E-state index in [0.717, 1.165) is 16.9 Å². The van der Waals surface area contributed by atoms with E-state index in [2.05, 4.69) is 33.9 Å². The van der Waals surface area contributed by atoms with Gasteiger partial charge >= 0.3 is 12.1 Å². The maximum atomic E-state index is 12.5. The van der Waals surface area contributed by atoms with Gasteiger partial charge in [0.2, 0.25) is 5.60 Å². The molecule has 0 radical (unpaired) electrons. The molecule has 0 aromatic heterocycles. The van der Waals surface area contributed by atoms with Gasteiger partial charge in [0.05, 0.1) is 20.3 Å². The van der Waals surface area contributed by atoms with Crippen LogP contribution in [0.2, 0.25) is 18.1 Å². The number of rotatable bonds is 11. The molecule has 2 unspecified atom stereocenters. The fourth-order valence-electron chi connectivity index (χ4n) is 3.41. The smallest absolute Gasteiger partial charge is 0.494 e. The van der Waals surface area contributed by atoms with Crippen LogP contribution in [0.1, 0.15) is 51.7 Å². The standard InChI is InChI=1S/C24H38O8SSi/c1-8-29-19-11-10-17(14-18(19)15-31-34(6,7)23(2,3)4)16-33-21(32-22(26)27)24(20(25)28-5)12-9-13-30-24/h10-11,14,21H,8-9,12-13,15-16H2,1-7H3,(H,26,27). The molecular formula is C24H38O8SSi. The first kappa shape index (κ1) is 28.5. The average molecular weight is 515 g/mol. The largest absolute Gasteiger partial charge is 0.507 e. The second-order valence-corrected chi connectivity index (χ2v) is 15.6. The van der Waals surface area contributed by atoms with Gasteiger partial charge in [0.25, 0.3) is 0 Å². The van der Waals surface area contributed by atoms with Crippen molar-refractivity contribution in [3.8, 4) is 5.75 Å². The summed E-state index contributed by atoms with van der Waals surface area (Å²) in [5, 5.41) is 9.37. The molecule has 8 nitrogen and oxygen atoms in total. The Morgan fingerprint density at radius 3 is 2.53 bits per heavy atom. The Morgan fingerprint density at radius 1 is 1.29 bits per heavy atom. The van der Waals surface area contributed by atoms with Crippen LogP contribution in [0.5, 0.6) is 5.75 Å². The van der Waals surface area contributed by atoms with E-state index in [1.165, 1.54) is 18.9 Å². The molecule has 0 amide bonds. The van der Waals surface area contributed by atoms with Crippen LogP contribution < -0.4 is 4.74 Å². The molecule has 1 fully saturated rings. The van der Waals surface area contributed by atoms with E-state index in [4.69, 9.17) is 23.4 Å². The van der Waals surface area contributed by atoms with E-state index < -0.39 is 31.5 Å². The Bertz CT molecular complexity index is 846. The van der Waals surface area contributed by atoms with Crippen LogP contribution in [0.15, 0.2) is 18.2 Å². The Balaban J connectivity index is 2.24. The number of thioether (sulfide) groups is 1. The molecule has 192 valence electrons. The minimum atomic E-state index is -1.96. The fourth-order valence-corrected chi connectivity index (χ4v) is 5.59. The molecule has 2 rings (SSSR count). The first-order valence-corrected chi connectivity index (χ1v) is 15.4. The zero-order valence-corrected chi connectivity index (χ0v) is 23.1. The predicted molar refractivity (Wildman–Crippen MR) is 134 cm³/mol. The van der Waals surface area contributed by atoms with E-state index >= 15 is 0 Å². The molecule has 1 aliphatic rings. The number of carbonyl (C=O) groups is 2. The van der Waals surface area contributed by atoms with Gasteiger partial charge in [-0.1, -0.05) is 26.8 Å². The van der Waals surface area contributed by atoms with Gasteiger partial charge in [-0.3, -0.25) is 0 Å². The summed E-state index contributed by atoms with van der Waals surface area (Å²) < 4.78 is 28.0. The van der Waals surface area contributed by atoms with Gasteiger partial charge in [-0.2, -0.15) is 0 Å². The molecule has 0 aliphatic carbocycles. The second kappa shape index (κ2) is 11.8. The summed E-state index contributed by atoms with van der Waals surface area (Å²) in [5.74, 6) is 0.539.